The summed E-state index contributed by atoms with van der Waals surface area (Å²) in [6.45, 7) is 3.82. The van der Waals surface area contributed by atoms with E-state index in [4.69, 9.17) is 0 Å². The fourth-order valence-corrected chi connectivity index (χ4v) is 5.20. The number of carbonyl (C=O) groups is 1. The van der Waals surface area contributed by atoms with Crippen molar-refractivity contribution in [2.45, 2.75) is 44.4 Å². The predicted molar refractivity (Wildman–Crippen MR) is 118 cm³/mol. The maximum Gasteiger partial charge on any atom is 0.222 e. The van der Waals surface area contributed by atoms with Crippen LogP contribution in [-0.4, -0.2) is 28.9 Å². The van der Waals surface area contributed by atoms with Crippen molar-refractivity contribution < 1.29 is 4.79 Å². The number of piperidine rings is 1. The number of para-hydroxylation sites is 1. The van der Waals surface area contributed by atoms with Crippen molar-refractivity contribution in [2.75, 3.05) is 13.1 Å². The summed E-state index contributed by atoms with van der Waals surface area (Å²) in [6, 6.07) is 19.7. The second-order valence-corrected chi connectivity index (χ2v) is 8.66. The van der Waals surface area contributed by atoms with Crippen LogP contribution in [0.25, 0.3) is 22.0 Å². The molecule has 3 nitrogen and oxygen atoms in total. The molecule has 0 spiro atoms. The Morgan fingerprint density at radius 1 is 1.03 bits per heavy atom. The van der Waals surface area contributed by atoms with E-state index in [2.05, 4.69) is 58.4 Å². The molecule has 0 bridgehead atoms. The first-order chi connectivity index (χ1) is 14.2. The van der Waals surface area contributed by atoms with Crippen LogP contribution in [0, 0.1) is 5.92 Å². The highest BCUT2D eigenvalue weighted by atomic mass is 16.2. The minimum atomic E-state index is 0.307. The monoisotopic (exact) mass is 384 g/mol. The molecule has 1 aliphatic carbocycles. The molecule has 2 fully saturated rings. The standard InChI is InChI=1S/C26H28N2O/c1-2-25(29)28-15-11-23(12-16-28)26(13-14-26)22-9-7-19(8-10-22)21-17-20-5-3-4-6-24(20)27-18-21/h3-10,17-18,23H,2,11-16H2,1H3. The molecule has 5 rings (SSSR count). The Morgan fingerprint density at radius 3 is 2.45 bits per heavy atom. The zero-order valence-electron chi connectivity index (χ0n) is 17.1. The molecule has 1 saturated heterocycles. The van der Waals surface area contributed by atoms with Crippen molar-refractivity contribution in [3.63, 3.8) is 0 Å². The zero-order chi connectivity index (χ0) is 19.8. The summed E-state index contributed by atoms with van der Waals surface area (Å²) in [4.78, 5) is 18.7. The number of nitrogens with zero attached hydrogens (tertiary/aromatic N) is 2. The summed E-state index contributed by atoms with van der Waals surface area (Å²) < 4.78 is 0. The van der Waals surface area contributed by atoms with Crippen LogP contribution in [0.4, 0.5) is 0 Å². The molecular formula is C26H28N2O. The Morgan fingerprint density at radius 2 is 1.76 bits per heavy atom. The highest BCUT2D eigenvalue weighted by Crippen LogP contribution is 2.56. The predicted octanol–water partition coefficient (Wildman–Crippen LogP) is 5.58. The van der Waals surface area contributed by atoms with Crippen LogP contribution in [0.5, 0.6) is 0 Å². The minimum Gasteiger partial charge on any atom is -0.343 e. The number of pyridine rings is 1. The SMILES string of the molecule is CCC(=O)N1CCC(C2(c3ccc(-c4cnc5ccccc5c4)cc3)CC2)CC1. The molecule has 0 radical (unpaired) electrons. The summed E-state index contributed by atoms with van der Waals surface area (Å²) in [6.07, 6.45) is 7.46. The molecule has 2 heterocycles. The number of hydrogen-bond donors (Lipinski definition) is 0. The highest BCUT2D eigenvalue weighted by Gasteiger charge is 2.50. The van der Waals surface area contributed by atoms with Gasteiger partial charge in [0.1, 0.15) is 0 Å². The second-order valence-electron chi connectivity index (χ2n) is 8.66. The van der Waals surface area contributed by atoms with Crippen molar-refractivity contribution in [3.8, 4) is 11.1 Å². The van der Waals surface area contributed by atoms with Crippen molar-refractivity contribution in [1.29, 1.82) is 0 Å². The highest BCUT2D eigenvalue weighted by molar-refractivity contribution is 5.83. The van der Waals surface area contributed by atoms with E-state index in [1.54, 1.807) is 0 Å². The van der Waals surface area contributed by atoms with Crippen LogP contribution in [-0.2, 0) is 10.2 Å². The van der Waals surface area contributed by atoms with Gasteiger partial charge >= 0.3 is 0 Å². The fraction of sp³-hybridized carbons (Fsp3) is 0.385. The summed E-state index contributed by atoms with van der Waals surface area (Å²) in [5.41, 5.74) is 5.27. The van der Waals surface area contributed by atoms with Gasteiger partial charge in [0.15, 0.2) is 0 Å². The van der Waals surface area contributed by atoms with Gasteiger partial charge in [-0.2, -0.15) is 0 Å². The minimum absolute atomic E-state index is 0.307. The lowest BCUT2D eigenvalue weighted by Crippen LogP contribution is -2.41. The third-order valence-corrected chi connectivity index (χ3v) is 7.10. The largest absolute Gasteiger partial charge is 0.343 e. The van der Waals surface area contributed by atoms with Crippen molar-refractivity contribution in [1.82, 2.24) is 9.88 Å². The quantitative estimate of drug-likeness (QED) is 0.588. The third kappa shape index (κ3) is 3.33. The first-order valence-electron chi connectivity index (χ1n) is 10.9. The van der Waals surface area contributed by atoms with E-state index in [0.29, 0.717) is 23.7 Å². The van der Waals surface area contributed by atoms with Gasteiger partial charge in [0.05, 0.1) is 5.52 Å². The average molecular weight is 385 g/mol. The molecule has 1 amide bonds. The van der Waals surface area contributed by atoms with E-state index in [1.165, 1.54) is 34.9 Å². The molecule has 3 aromatic rings. The van der Waals surface area contributed by atoms with Crippen molar-refractivity contribution in [3.05, 3.63) is 66.4 Å². The summed E-state index contributed by atoms with van der Waals surface area (Å²) in [5.74, 6) is 1.01. The number of likely N-dealkylation sites (tertiary alicyclic amines) is 1. The lowest BCUT2D eigenvalue weighted by atomic mass is 9.77. The number of hydrogen-bond acceptors (Lipinski definition) is 2. The molecule has 2 aromatic carbocycles. The van der Waals surface area contributed by atoms with Crippen LogP contribution in [0.1, 0.15) is 44.6 Å². The molecule has 148 valence electrons. The van der Waals surface area contributed by atoms with E-state index >= 15 is 0 Å². The fourth-order valence-electron chi connectivity index (χ4n) is 5.20. The molecule has 1 aromatic heterocycles. The van der Waals surface area contributed by atoms with E-state index in [-0.39, 0.29) is 0 Å². The van der Waals surface area contributed by atoms with Crippen LogP contribution in [0.3, 0.4) is 0 Å². The number of fused-ring (bicyclic) bond motifs is 1. The van der Waals surface area contributed by atoms with Gasteiger partial charge in [-0.3, -0.25) is 9.78 Å². The lowest BCUT2D eigenvalue weighted by molar-refractivity contribution is -0.132. The van der Waals surface area contributed by atoms with Crippen molar-refractivity contribution >= 4 is 16.8 Å². The molecule has 0 atom stereocenters. The molecule has 0 N–H and O–H groups in total. The van der Waals surface area contributed by atoms with E-state index < -0.39 is 0 Å². The van der Waals surface area contributed by atoms with Gasteiger partial charge in [-0.1, -0.05) is 49.4 Å². The Bertz CT molecular complexity index is 1030. The average Bonchev–Trinajstić information content (AvgIpc) is 3.60. The summed E-state index contributed by atoms with van der Waals surface area (Å²) in [7, 11) is 0. The zero-order valence-corrected chi connectivity index (χ0v) is 17.1. The smallest absolute Gasteiger partial charge is 0.222 e. The lowest BCUT2D eigenvalue weighted by Gasteiger charge is -2.36. The molecule has 29 heavy (non-hydrogen) atoms. The maximum atomic E-state index is 12.0. The molecule has 2 aliphatic rings. The Hall–Kier alpha value is -2.68. The van der Waals surface area contributed by atoms with E-state index in [1.807, 2.05) is 19.2 Å². The summed E-state index contributed by atoms with van der Waals surface area (Å²) in [5, 5.41) is 1.18. The first kappa shape index (κ1) is 18.4. The Labute approximate surface area is 172 Å². The Kier molecular flexibility index (Phi) is 4.61. The number of aromatic nitrogens is 1. The molecular weight excluding hydrogens is 356 g/mol. The van der Waals surface area contributed by atoms with Gasteiger partial charge in [-0.25, -0.2) is 0 Å². The van der Waals surface area contributed by atoms with Gasteiger partial charge < -0.3 is 4.90 Å². The maximum absolute atomic E-state index is 12.0. The second kappa shape index (κ2) is 7.29. The van der Waals surface area contributed by atoms with Gasteiger partial charge in [-0.05, 0) is 60.3 Å². The summed E-state index contributed by atoms with van der Waals surface area (Å²) >= 11 is 0. The molecule has 3 heteroatoms. The number of carbonyl (C=O) groups excluding carboxylic acids is 1. The third-order valence-electron chi connectivity index (χ3n) is 7.10. The number of amides is 1. The van der Waals surface area contributed by atoms with E-state index in [0.717, 1.165) is 31.4 Å². The molecule has 0 unspecified atom stereocenters. The van der Waals surface area contributed by atoms with Crippen LogP contribution in [0.15, 0.2) is 60.8 Å². The number of benzene rings is 2. The topological polar surface area (TPSA) is 33.2 Å². The van der Waals surface area contributed by atoms with Crippen LogP contribution < -0.4 is 0 Å². The van der Waals surface area contributed by atoms with E-state index in [9.17, 15) is 4.79 Å². The van der Waals surface area contributed by atoms with Crippen LogP contribution >= 0.6 is 0 Å². The first-order valence-corrected chi connectivity index (χ1v) is 10.9. The Balaban J connectivity index is 1.34. The van der Waals surface area contributed by atoms with Gasteiger partial charge in [0, 0.05) is 36.7 Å². The number of rotatable bonds is 4. The van der Waals surface area contributed by atoms with Gasteiger partial charge in [-0.15, -0.1) is 0 Å². The van der Waals surface area contributed by atoms with Gasteiger partial charge in [0.2, 0.25) is 5.91 Å². The van der Waals surface area contributed by atoms with Crippen molar-refractivity contribution in [2.24, 2.45) is 5.92 Å². The normalized spacial score (nSPS) is 18.7. The van der Waals surface area contributed by atoms with Crippen LogP contribution in [0.2, 0.25) is 0 Å². The molecule has 1 aliphatic heterocycles. The molecule has 1 saturated carbocycles. The van der Waals surface area contributed by atoms with Gasteiger partial charge in [0.25, 0.3) is 0 Å².